The van der Waals surface area contributed by atoms with Gasteiger partial charge < -0.3 is 9.84 Å². The highest BCUT2D eigenvalue weighted by Crippen LogP contribution is 2.28. The molecule has 6 nitrogen and oxygen atoms in total. The van der Waals surface area contributed by atoms with Crippen molar-refractivity contribution in [3.05, 3.63) is 68.7 Å². The van der Waals surface area contributed by atoms with E-state index in [1.165, 1.54) is 0 Å². The van der Waals surface area contributed by atoms with E-state index in [4.69, 9.17) is 17.0 Å². The van der Waals surface area contributed by atoms with Crippen molar-refractivity contribution in [3.63, 3.8) is 0 Å². The van der Waals surface area contributed by atoms with Crippen LogP contribution in [0.2, 0.25) is 0 Å². The van der Waals surface area contributed by atoms with E-state index in [1.54, 1.807) is 10.9 Å². The van der Waals surface area contributed by atoms with Crippen molar-refractivity contribution in [2.24, 2.45) is 5.10 Å². The van der Waals surface area contributed by atoms with Crippen LogP contribution < -0.4 is 4.74 Å². The van der Waals surface area contributed by atoms with Crippen molar-refractivity contribution >= 4 is 18.4 Å². The topological polar surface area (TPSA) is 75.4 Å². The second kappa shape index (κ2) is 8.61. The van der Waals surface area contributed by atoms with Gasteiger partial charge in [-0.1, -0.05) is 26.0 Å². The van der Waals surface area contributed by atoms with Crippen LogP contribution in [0, 0.1) is 25.5 Å². The fourth-order valence-corrected chi connectivity index (χ4v) is 3.31. The van der Waals surface area contributed by atoms with Gasteiger partial charge in [-0.2, -0.15) is 14.9 Å². The minimum atomic E-state index is 0.237. The molecule has 0 aliphatic rings. The summed E-state index contributed by atoms with van der Waals surface area (Å²) < 4.78 is 8.01. The van der Waals surface area contributed by atoms with E-state index in [9.17, 15) is 5.11 Å². The predicted molar refractivity (Wildman–Crippen MR) is 118 cm³/mol. The van der Waals surface area contributed by atoms with Gasteiger partial charge in [0.25, 0.3) is 0 Å². The van der Waals surface area contributed by atoms with Gasteiger partial charge in [0, 0.05) is 0 Å². The molecule has 0 saturated carbocycles. The van der Waals surface area contributed by atoms with Crippen molar-refractivity contribution in [2.75, 3.05) is 0 Å². The SMILES string of the molecule is Cc1ccc(C(C)C)c(OCc2n[nH]c(=S)n2/N=C/c2cc(C)c(O)c(C)c2)c1. The van der Waals surface area contributed by atoms with Crippen LogP contribution in [0.15, 0.2) is 35.4 Å². The molecule has 152 valence electrons. The number of nitrogens with zero attached hydrogens (tertiary/aromatic N) is 3. The number of H-pyrrole nitrogens is 1. The number of hydrogen-bond acceptors (Lipinski definition) is 5. The molecule has 0 unspecified atom stereocenters. The van der Waals surface area contributed by atoms with Crippen LogP contribution in [0.25, 0.3) is 0 Å². The number of rotatable bonds is 6. The molecule has 0 fully saturated rings. The number of phenols is 1. The summed E-state index contributed by atoms with van der Waals surface area (Å²) in [5.41, 5.74) is 4.75. The summed E-state index contributed by atoms with van der Waals surface area (Å²) in [6, 6.07) is 9.96. The lowest BCUT2D eigenvalue weighted by molar-refractivity contribution is 0.286. The van der Waals surface area contributed by atoms with Crippen molar-refractivity contribution in [1.82, 2.24) is 14.9 Å². The van der Waals surface area contributed by atoms with Crippen molar-refractivity contribution in [1.29, 1.82) is 0 Å². The van der Waals surface area contributed by atoms with Crippen LogP contribution in [0.3, 0.4) is 0 Å². The third kappa shape index (κ3) is 4.74. The maximum absolute atomic E-state index is 9.93. The maximum atomic E-state index is 9.93. The Morgan fingerprint density at radius 3 is 2.55 bits per heavy atom. The summed E-state index contributed by atoms with van der Waals surface area (Å²) in [5.74, 6) is 2.07. The van der Waals surface area contributed by atoms with Gasteiger partial charge in [-0.15, -0.1) is 0 Å². The van der Waals surface area contributed by atoms with Gasteiger partial charge in [-0.3, -0.25) is 0 Å². The average molecular weight is 411 g/mol. The summed E-state index contributed by atoms with van der Waals surface area (Å²) >= 11 is 5.32. The Labute approximate surface area is 175 Å². The van der Waals surface area contributed by atoms with E-state index in [0.29, 0.717) is 22.3 Å². The van der Waals surface area contributed by atoms with Gasteiger partial charge >= 0.3 is 0 Å². The number of aromatic amines is 1. The van der Waals surface area contributed by atoms with Crippen LogP contribution >= 0.6 is 12.2 Å². The molecule has 2 aromatic carbocycles. The molecule has 0 radical (unpaired) electrons. The van der Waals surface area contributed by atoms with E-state index in [0.717, 1.165) is 33.6 Å². The first-order valence-electron chi connectivity index (χ1n) is 9.50. The maximum Gasteiger partial charge on any atom is 0.216 e. The van der Waals surface area contributed by atoms with E-state index in [2.05, 4.69) is 41.3 Å². The summed E-state index contributed by atoms with van der Waals surface area (Å²) in [6.07, 6.45) is 1.69. The van der Waals surface area contributed by atoms with Crippen molar-refractivity contribution in [2.45, 2.75) is 47.1 Å². The lowest BCUT2D eigenvalue weighted by Crippen LogP contribution is -2.06. The number of aromatic nitrogens is 3. The zero-order valence-corrected chi connectivity index (χ0v) is 18.2. The molecule has 0 bridgehead atoms. The van der Waals surface area contributed by atoms with Crippen molar-refractivity contribution in [3.8, 4) is 11.5 Å². The Hall–Kier alpha value is -2.93. The molecule has 29 heavy (non-hydrogen) atoms. The fourth-order valence-electron chi connectivity index (χ4n) is 3.11. The molecule has 0 amide bonds. The number of hydrogen-bond donors (Lipinski definition) is 2. The minimum absolute atomic E-state index is 0.237. The monoisotopic (exact) mass is 410 g/mol. The number of phenolic OH excluding ortho intramolecular Hbond substituents is 1. The normalized spacial score (nSPS) is 11.5. The molecule has 3 rings (SSSR count). The van der Waals surface area contributed by atoms with E-state index >= 15 is 0 Å². The third-order valence-electron chi connectivity index (χ3n) is 4.70. The van der Waals surface area contributed by atoms with Crippen molar-refractivity contribution < 1.29 is 9.84 Å². The summed E-state index contributed by atoms with van der Waals surface area (Å²) in [7, 11) is 0. The Morgan fingerprint density at radius 1 is 1.21 bits per heavy atom. The molecule has 1 heterocycles. The molecule has 7 heteroatoms. The zero-order chi connectivity index (χ0) is 21.1. The van der Waals surface area contributed by atoms with E-state index < -0.39 is 0 Å². The quantitative estimate of drug-likeness (QED) is 0.435. The summed E-state index contributed by atoms with van der Waals surface area (Å²) in [4.78, 5) is 0. The third-order valence-corrected chi connectivity index (χ3v) is 4.97. The first kappa shape index (κ1) is 20.8. The highest BCUT2D eigenvalue weighted by Gasteiger charge is 2.11. The van der Waals surface area contributed by atoms with Gasteiger partial charge in [0.05, 0.1) is 6.21 Å². The predicted octanol–water partition coefficient (Wildman–Crippen LogP) is 5.16. The molecular weight excluding hydrogens is 384 g/mol. The van der Waals surface area contributed by atoms with Crippen LogP contribution in [-0.4, -0.2) is 26.2 Å². The summed E-state index contributed by atoms with van der Waals surface area (Å²) in [6.45, 7) is 10.3. The Balaban J connectivity index is 1.84. The van der Waals surface area contributed by atoms with Crippen LogP contribution in [0.4, 0.5) is 0 Å². The van der Waals surface area contributed by atoms with Gasteiger partial charge in [-0.05, 0) is 84.9 Å². The largest absolute Gasteiger partial charge is 0.507 e. The first-order chi connectivity index (χ1) is 13.8. The van der Waals surface area contributed by atoms with Gasteiger partial charge in [0.1, 0.15) is 18.1 Å². The molecule has 0 atom stereocenters. The highest BCUT2D eigenvalue weighted by molar-refractivity contribution is 7.71. The second-order valence-electron chi connectivity index (χ2n) is 7.49. The molecule has 0 aliphatic heterocycles. The Bertz CT molecular complexity index is 1090. The highest BCUT2D eigenvalue weighted by atomic mass is 32.1. The number of ether oxygens (including phenoxy) is 1. The fraction of sp³-hybridized carbons (Fsp3) is 0.318. The molecule has 2 N–H and O–H groups in total. The second-order valence-corrected chi connectivity index (χ2v) is 7.88. The number of aryl methyl sites for hydroxylation is 3. The molecule has 1 aromatic heterocycles. The van der Waals surface area contributed by atoms with E-state index in [1.807, 2.05) is 39.0 Å². The summed E-state index contributed by atoms with van der Waals surface area (Å²) in [5, 5.41) is 21.4. The lowest BCUT2D eigenvalue weighted by Gasteiger charge is -2.14. The van der Waals surface area contributed by atoms with Gasteiger partial charge in [0.15, 0.2) is 5.82 Å². The molecule has 0 saturated heterocycles. The zero-order valence-electron chi connectivity index (χ0n) is 17.4. The smallest absolute Gasteiger partial charge is 0.216 e. The Morgan fingerprint density at radius 2 is 1.90 bits per heavy atom. The molecular formula is C22H26N4O2S. The lowest BCUT2D eigenvalue weighted by atomic mass is 10.0. The van der Waals surface area contributed by atoms with E-state index in [-0.39, 0.29) is 6.61 Å². The first-order valence-corrected chi connectivity index (χ1v) is 9.91. The molecule has 0 aliphatic carbocycles. The van der Waals surface area contributed by atoms with Gasteiger partial charge in [0.2, 0.25) is 4.77 Å². The molecule has 3 aromatic rings. The number of nitrogens with one attached hydrogen (secondary N) is 1. The van der Waals surface area contributed by atoms with Crippen LogP contribution in [0.1, 0.15) is 53.4 Å². The number of benzene rings is 2. The van der Waals surface area contributed by atoms with Gasteiger partial charge in [-0.25, -0.2) is 5.10 Å². The molecule has 0 spiro atoms. The standard InChI is InChI=1S/C22H26N4O2S/c1-13(2)18-7-6-14(3)8-19(18)28-12-20-24-25-22(29)26(20)23-11-17-9-15(4)21(27)16(5)10-17/h6-11,13,27H,12H2,1-5H3,(H,25,29)/b23-11+. The Kier molecular flexibility index (Phi) is 6.17. The minimum Gasteiger partial charge on any atom is -0.507 e. The van der Waals surface area contributed by atoms with Crippen LogP contribution in [-0.2, 0) is 6.61 Å². The number of aromatic hydroxyl groups is 1. The van der Waals surface area contributed by atoms with Crippen LogP contribution in [0.5, 0.6) is 11.5 Å². The average Bonchev–Trinajstić information content (AvgIpc) is 3.02.